The van der Waals surface area contributed by atoms with Crippen LogP contribution in [0.4, 0.5) is 17.1 Å². The van der Waals surface area contributed by atoms with Gasteiger partial charge in [0, 0.05) is 49.7 Å². The molecule has 0 fully saturated rings. The van der Waals surface area contributed by atoms with Gasteiger partial charge in [0.15, 0.2) is 0 Å². The molecular weight excluding hydrogens is 897 g/mol. The first-order chi connectivity index (χ1) is 36.7. The fourth-order valence-corrected chi connectivity index (χ4v) is 12.5. The zero-order valence-electron chi connectivity index (χ0n) is 40.4. The highest BCUT2D eigenvalue weighted by Crippen LogP contribution is 2.59. The van der Waals surface area contributed by atoms with Crippen molar-refractivity contribution in [3.63, 3.8) is 0 Å². The SMILES string of the molecule is c1ccc(C2(c3ccccc3)c3ccccc3-c3c(N(c4ccc(-c5ccc(-n6c7ccccc7c7c8ccccc8ccc76)cc5)cc4)c4ccc(-c5cccc6c5oc5ccccc56)cc4)cccc32)cc1. The van der Waals surface area contributed by atoms with Crippen molar-refractivity contribution >= 4 is 71.6 Å². The van der Waals surface area contributed by atoms with Crippen molar-refractivity contribution in [1.29, 1.82) is 0 Å². The lowest BCUT2D eigenvalue weighted by molar-refractivity contribution is 0.670. The van der Waals surface area contributed by atoms with Gasteiger partial charge in [-0.25, -0.2) is 0 Å². The Hall–Kier alpha value is -9.70. The summed E-state index contributed by atoms with van der Waals surface area (Å²) in [5.41, 5.74) is 20.0. The highest BCUT2D eigenvalue weighted by Gasteiger charge is 2.47. The van der Waals surface area contributed by atoms with Gasteiger partial charge in [-0.15, -0.1) is 0 Å². The van der Waals surface area contributed by atoms with Crippen LogP contribution in [0.5, 0.6) is 0 Å². The molecule has 346 valence electrons. The Labute approximate surface area is 429 Å². The van der Waals surface area contributed by atoms with Gasteiger partial charge in [-0.05, 0) is 116 Å². The van der Waals surface area contributed by atoms with Crippen molar-refractivity contribution in [2.45, 2.75) is 5.41 Å². The van der Waals surface area contributed by atoms with Gasteiger partial charge in [-0.1, -0.05) is 218 Å². The quantitative estimate of drug-likeness (QED) is 0.151. The number of para-hydroxylation sites is 3. The van der Waals surface area contributed by atoms with Gasteiger partial charge in [-0.3, -0.25) is 0 Å². The van der Waals surface area contributed by atoms with Crippen LogP contribution in [0.25, 0.3) is 93.6 Å². The highest BCUT2D eigenvalue weighted by molar-refractivity contribution is 6.21. The maximum Gasteiger partial charge on any atom is 0.143 e. The summed E-state index contributed by atoms with van der Waals surface area (Å²) in [6.45, 7) is 0. The Kier molecular flexibility index (Phi) is 9.48. The topological polar surface area (TPSA) is 21.3 Å². The first kappa shape index (κ1) is 42.0. The van der Waals surface area contributed by atoms with Crippen LogP contribution in [0.1, 0.15) is 22.3 Å². The second-order valence-corrected chi connectivity index (χ2v) is 19.5. The molecule has 0 unspecified atom stereocenters. The first-order valence-electron chi connectivity index (χ1n) is 25.5. The third-order valence-corrected chi connectivity index (χ3v) is 15.7. The molecule has 3 nitrogen and oxygen atoms in total. The lowest BCUT2D eigenvalue weighted by atomic mass is 9.68. The predicted molar refractivity (Wildman–Crippen MR) is 308 cm³/mol. The molecule has 0 radical (unpaired) electrons. The van der Waals surface area contributed by atoms with Crippen LogP contribution in [-0.4, -0.2) is 4.57 Å². The molecule has 0 atom stereocenters. The summed E-state index contributed by atoms with van der Waals surface area (Å²) < 4.78 is 8.95. The molecule has 0 N–H and O–H groups in total. The van der Waals surface area contributed by atoms with E-state index in [9.17, 15) is 0 Å². The van der Waals surface area contributed by atoms with E-state index >= 15 is 0 Å². The molecule has 0 saturated carbocycles. The molecule has 0 amide bonds. The van der Waals surface area contributed by atoms with Gasteiger partial charge in [0.1, 0.15) is 11.2 Å². The molecule has 12 aromatic carbocycles. The van der Waals surface area contributed by atoms with Gasteiger partial charge in [0.2, 0.25) is 0 Å². The van der Waals surface area contributed by atoms with E-state index in [0.29, 0.717) is 0 Å². The van der Waals surface area contributed by atoms with Crippen LogP contribution in [-0.2, 0) is 5.41 Å². The first-order valence-corrected chi connectivity index (χ1v) is 25.5. The Balaban J connectivity index is 0.875. The lowest BCUT2D eigenvalue weighted by Crippen LogP contribution is -2.28. The normalized spacial score (nSPS) is 12.7. The van der Waals surface area contributed by atoms with Crippen molar-refractivity contribution in [2.24, 2.45) is 0 Å². The summed E-state index contributed by atoms with van der Waals surface area (Å²) in [7, 11) is 0. The fourth-order valence-electron chi connectivity index (χ4n) is 12.5. The lowest BCUT2D eigenvalue weighted by Gasteiger charge is -2.34. The third kappa shape index (κ3) is 6.27. The van der Waals surface area contributed by atoms with E-state index in [0.717, 1.165) is 66.9 Å². The highest BCUT2D eigenvalue weighted by atomic mass is 16.3. The van der Waals surface area contributed by atoms with E-state index in [1.807, 2.05) is 6.07 Å². The smallest absolute Gasteiger partial charge is 0.143 e. The van der Waals surface area contributed by atoms with Crippen LogP contribution in [0.2, 0.25) is 0 Å². The fraction of sp³-hybridized carbons (Fsp3) is 0.0141. The van der Waals surface area contributed by atoms with Crippen molar-refractivity contribution in [1.82, 2.24) is 4.57 Å². The predicted octanol–water partition coefficient (Wildman–Crippen LogP) is 19.0. The molecule has 1 aliphatic carbocycles. The molecule has 14 aromatic rings. The van der Waals surface area contributed by atoms with E-state index in [-0.39, 0.29) is 0 Å². The Morgan fingerprint density at radius 1 is 0.351 bits per heavy atom. The molecule has 0 aliphatic heterocycles. The van der Waals surface area contributed by atoms with Crippen LogP contribution < -0.4 is 4.90 Å². The van der Waals surface area contributed by atoms with Gasteiger partial charge < -0.3 is 13.9 Å². The van der Waals surface area contributed by atoms with Gasteiger partial charge >= 0.3 is 0 Å². The van der Waals surface area contributed by atoms with E-state index < -0.39 is 5.41 Å². The largest absolute Gasteiger partial charge is 0.455 e. The van der Waals surface area contributed by atoms with Gasteiger partial charge in [-0.2, -0.15) is 0 Å². The van der Waals surface area contributed by atoms with Crippen LogP contribution >= 0.6 is 0 Å². The Morgan fingerprint density at radius 3 is 1.65 bits per heavy atom. The second-order valence-electron chi connectivity index (χ2n) is 19.5. The minimum atomic E-state index is -0.533. The van der Waals surface area contributed by atoms with Gasteiger partial charge in [0.25, 0.3) is 0 Å². The maximum atomic E-state index is 6.54. The molecule has 0 spiro atoms. The van der Waals surface area contributed by atoms with E-state index in [4.69, 9.17) is 4.42 Å². The number of anilines is 3. The van der Waals surface area contributed by atoms with Crippen molar-refractivity contribution in [3.05, 3.63) is 301 Å². The van der Waals surface area contributed by atoms with Crippen LogP contribution in [0, 0.1) is 0 Å². The van der Waals surface area contributed by atoms with Crippen LogP contribution in [0.15, 0.2) is 283 Å². The summed E-state index contributed by atoms with van der Waals surface area (Å²) in [6.07, 6.45) is 0. The average molecular weight is 943 g/mol. The number of hydrogen-bond acceptors (Lipinski definition) is 2. The average Bonchev–Trinajstić information content (AvgIpc) is 4.18. The monoisotopic (exact) mass is 942 g/mol. The van der Waals surface area contributed by atoms with Gasteiger partial charge in [0.05, 0.1) is 22.1 Å². The van der Waals surface area contributed by atoms with Crippen molar-refractivity contribution in [2.75, 3.05) is 4.90 Å². The Bertz CT molecular complexity index is 4410. The minimum Gasteiger partial charge on any atom is -0.455 e. The Morgan fingerprint density at radius 2 is 0.905 bits per heavy atom. The molecule has 15 rings (SSSR count). The zero-order chi connectivity index (χ0) is 48.7. The maximum absolute atomic E-state index is 6.54. The number of benzene rings is 12. The summed E-state index contributed by atoms with van der Waals surface area (Å²) in [5, 5.41) is 7.34. The molecule has 2 aromatic heterocycles. The van der Waals surface area contributed by atoms with E-state index in [1.54, 1.807) is 0 Å². The number of furan rings is 1. The number of aromatic nitrogens is 1. The van der Waals surface area contributed by atoms with Crippen molar-refractivity contribution < 1.29 is 4.42 Å². The molecule has 2 heterocycles. The van der Waals surface area contributed by atoms with Crippen LogP contribution in [0.3, 0.4) is 0 Å². The summed E-state index contributed by atoms with van der Waals surface area (Å²) in [5.74, 6) is 0. The van der Waals surface area contributed by atoms with Crippen molar-refractivity contribution in [3.8, 4) is 39.1 Å². The third-order valence-electron chi connectivity index (χ3n) is 15.7. The van der Waals surface area contributed by atoms with E-state index in [2.05, 4.69) is 282 Å². The minimum absolute atomic E-state index is 0.533. The molecule has 74 heavy (non-hydrogen) atoms. The number of hydrogen-bond donors (Lipinski definition) is 0. The van der Waals surface area contributed by atoms with E-state index in [1.165, 1.54) is 66.0 Å². The summed E-state index contributed by atoms with van der Waals surface area (Å²) in [4.78, 5) is 2.45. The second kappa shape index (κ2) is 16.7. The summed E-state index contributed by atoms with van der Waals surface area (Å²) in [6, 6.07) is 102. The number of rotatable bonds is 8. The molecule has 0 bridgehead atoms. The molecule has 3 heteroatoms. The standard InChI is InChI=1S/C71H46N2O/c1-3-18-51(19-4-1)71(52-20-5-2-6-21-52)62-28-12-9-24-60(62)69-63(71)29-16-31-65(69)72(54-44-37-50(38-45-54)57-26-15-27-59-58-23-11-14-32-67(58)74-70(57)59)53-40-33-47(34-41-53)48-35-42-55(43-36-48)73-64-30-13-10-25-61(64)68-56-22-8-7-17-49(56)39-46-66(68)73/h1-46H. The molecular formula is C71H46N2O. The molecule has 1 aliphatic rings. The molecule has 0 saturated heterocycles. The number of fused-ring (bicyclic) bond motifs is 11. The zero-order valence-corrected chi connectivity index (χ0v) is 40.4. The number of nitrogens with zero attached hydrogens (tertiary/aromatic N) is 2. The summed E-state index contributed by atoms with van der Waals surface area (Å²) >= 11 is 0.